The molecular weight excluding hydrogens is 275 g/mol. The molecule has 0 aromatic heterocycles. The van der Waals surface area contributed by atoms with Gasteiger partial charge in [-0.15, -0.1) is 0 Å². The molecule has 0 spiro atoms. The summed E-state index contributed by atoms with van der Waals surface area (Å²) in [7, 11) is 0. The Kier molecular flexibility index (Phi) is 4.35. The molecule has 0 aliphatic carbocycles. The van der Waals surface area contributed by atoms with E-state index in [1.54, 1.807) is 11.8 Å². The van der Waals surface area contributed by atoms with Gasteiger partial charge < -0.3 is 5.11 Å². The summed E-state index contributed by atoms with van der Waals surface area (Å²) in [4.78, 5) is 1.99. The Morgan fingerprint density at radius 1 is 1.00 bits per heavy atom. The molecule has 0 atom stereocenters. The van der Waals surface area contributed by atoms with Crippen LogP contribution >= 0.6 is 35.0 Å². The van der Waals surface area contributed by atoms with E-state index < -0.39 is 0 Å². The highest BCUT2D eigenvalue weighted by Crippen LogP contribution is 2.34. The van der Waals surface area contributed by atoms with Gasteiger partial charge in [-0.2, -0.15) is 0 Å². The molecule has 2 aromatic rings. The van der Waals surface area contributed by atoms with Crippen LogP contribution in [0, 0.1) is 0 Å². The molecule has 0 amide bonds. The lowest BCUT2D eigenvalue weighted by molar-refractivity contribution is 0.282. The fourth-order valence-corrected chi connectivity index (χ4v) is 2.81. The second kappa shape index (κ2) is 5.78. The first kappa shape index (κ1) is 12.8. The van der Waals surface area contributed by atoms with Gasteiger partial charge in [0.25, 0.3) is 0 Å². The minimum absolute atomic E-state index is 0.0458. The van der Waals surface area contributed by atoms with Crippen LogP contribution in [0.15, 0.2) is 52.3 Å². The van der Waals surface area contributed by atoms with Gasteiger partial charge in [0, 0.05) is 14.8 Å². The summed E-state index contributed by atoms with van der Waals surface area (Å²) in [6.45, 7) is -0.0458. The van der Waals surface area contributed by atoms with Gasteiger partial charge >= 0.3 is 0 Å². The SMILES string of the molecule is OCc1ccc(Sc2ccccc2Cl)cc1Cl. The Balaban J connectivity index is 2.25. The summed E-state index contributed by atoms with van der Waals surface area (Å²) in [5.74, 6) is 0. The number of aliphatic hydroxyl groups is 1. The average molecular weight is 285 g/mol. The number of benzene rings is 2. The Hall–Kier alpha value is -0.670. The van der Waals surface area contributed by atoms with E-state index in [1.165, 1.54) is 0 Å². The highest BCUT2D eigenvalue weighted by Gasteiger charge is 2.04. The molecule has 0 fully saturated rings. The normalized spacial score (nSPS) is 10.5. The smallest absolute Gasteiger partial charge is 0.0696 e. The maximum atomic E-state index is 9.03. The second-order valence-corrected chi connectivity index (χ2v) is 5.37. The Labute approximate surface area is 114 Å². The predicted molar refractivity (Wildman–Crippen MR) is 72.9 cm³/mol. The molecule has 0 saturated carbocycles. The van der Waals surface area contributed by atoms with Crippen molar-refractivity contribution in [1.82, 2.24) is 0 Å². The van der Waals surface area contributed by atoms with Gasteiger partial charge in [0.1, 0.15) is 0 Å². The molecule has 2 aromatic carbocycles. The van der Waals surface area contributed by atoms with Crippen LogP contribution in [-0.4, -0.2) is 5.11 Å². The van der Waals surface area contributed by atoms with Crippen LogP contribution in [-0.2, 0) is 6.61 Å². The molecule has 17 heavy (non-hydrogen) atoms. The van der Waals surface area contributed by atoms with Gasteiger partial charge in [-0.3, -0.25) is 0 Å². The van der Waals surface area contributed by atoms with E-state index in [0.717, 1.165) is 20.4 Å². The van der Waals surface area contributed by atoms with Crippen molar-refractivity contribution in [2.45, 2.75) is 16.4 Å². The van der Waals surface area contributed by atoms with Crippen molar-refractivity contribution in [2.24, 2.45) is 0 Å². The molecule has 4 heteroatoms. The van der Waals surface area contributed by atoms with E-state index in [1.807, 2.05) is 42.5 Å². The molecule has 1 nitrogen and oxygen atoms in total. The first-order chi connectivity index (χ1) is 8.20. The van der Waals surface area contributed by atoms with Gasteiger partial charge in [-0.05, 0) is 29.8 Å². The molecule has 0 bridgehead atoms. The van der Waals surface area contributed by atoms with Crippen molar-refractivity contribution >= 4 is 35.0 Å². The minimum atomic E-state index is -0.0458. The van der Waals surface area contributed by atoms with E-state index in [9.17, 15) is 0 Å². The highest BCUT2D eigenvalue weighted by molar-refractivity contribution is 7.99. The molecule has 0 radical (unpaired) electrons. The van der Waals surface area contributed by atoms with Crippen molar-refractivity contribution in [2.75, 3.05) is 0 Å². The quantitative estimate of drug-likeness (QED) is 0.886. The lowest BCUT2D eigenvalue weighted by Gasteiger charge is -2.06. The van der Waals surface area contributed by atoms with E-state index >= 15 is 0 Å². The minimum Gasteiger partial charge on any atom is -0.392 e. The molecule has 0 unspecified atom stereocenters. The van der Waals surface area contributed by atoms with Gasteiger partial charge in [-0.1, -0.05) is 53.2 Å². The summed E-state index contributed by atoms with van der Waals surface area (Å²) in [5, 5.41) is 10.3. The molecule has 88 valence electrons. The largest absolute Gasteiger partial charge is 0.392 e. The molecule has 2 rings (SSSR count). The average Bonchev–Trinajstić information content (AvgIpc) is 2.32. The Morgan fingerprint density at radius 2 is 1.76 bits per heavy atom. The van der Waals surface area contributed by atoms with Crippen molar-refractivity contribution in [3.8, 4) is 0 Å². The summed E-state index contributed by atoms with van der Waals surface area (Å²) < 4.78 is 0. The Bertz CT molecular complexity index is 529. The third-order valence-electron chi connectivity index (χ3n) is 2.26. The molecule has 0 aliphatic heterocycles. The summed E-state index contributed by atoms with van der Waals surface area (Å²) in [6.07, 6.45) is 0. The zero-order valence-electron chi connectivity index (χ0n) is 8.86. The van der Waals surface area contributed by atoms with E-state index in [0.29, 0.717) is 5.02 Å². The van der Waals surface area contributed by atoms with Gasteiger partial charge in [0.2, 0.25) is 0 Å². The van der Waals surface area contributed by atoms with Crippen LogP contribution < -0.4 is 0 Å². The summed E-state index contributed by atoms with van der Waals surface area (Å²) in [5.41, 5.74) is 0.732. The van der Waals surface area contributed by atoms with Crippen molar-refractivity contribution < 1.29 is 5.11 Å². The van der Waals surface area contributed by atoms with Crippen LogP contribution in [0.4, 0.5) is 0 Å². The molecule has 0 saturated heterocycles. The highest BCUT2D eigenvalue weighted by atomic mass is 35.5. The van der Waals surface area contributed by atoms with Crippen LogP contribution in [0.1, 0.15) is 5.56 Å². The molecule has 1 N–H and O–H groups in total. The summed E-state index contributed by atoms with van der Waals surface area (Å²) >= 11 is 13.7. The fraction of sp³-hybridized carbons (Fsp3) is 0.0769. The van der Waals surface area contributed by atoms with Crippen molar-refractivity contribution in [3.05, 3.63) is 58.1 Å². The Morgan fingerprint density at radius 3 is 2.41 bits per heavy atom. The van der Waals surface area contributed by atoms with Crippen molar-refractivity contribution in [1.29, 1.82) is 0 Å². The lowest BCUT2D eigenvalue weighted by atomic mass is 10.2. The molecular formula is C13H10Cl2OS. The predicted octanol–water partition coefficient (Wildman–Crippen LogP) is 4.64. The number of rotatable bonds is 3. The van der Waals surface area contributed by atoms with Crippen LogP contribution in [0.3, 0.4) is 0 Å². The summed E-state index contributed by atoms with van der Waals surface area (Å²) in [6, 6.07) is 13.2. The first-order valence-corrected chi connectivity index (χ1v) is 6.59. The zero-order valence-corrected chi connectivity index (χ0v) is 11.2. The maximum Gasteiger partial charge on any atom is 0.0696 e. The van der Waals surface area contributed by atoms with E-state index in [-0.39, 0.29) is 6.61 Å². The third kappa shape index (κ3) is 3.17. The number of hydrogen-bond donors (Lipinski definition) is 1. The van der Waals surface area contributed by atoms with Crippen LogP contribution in [0.2, 0.25) is 10.0 Å². The van der Waals surface area contributed by atoms with Gasteiger partial charge in [-0.25, -0.2) is 0 Å². The standard InChI is InChI=1S/C13H10Cl2OS/c14-11-3-1-2-4-13(11)17-10-6-5-9(8-16)12(15)7-10/h1-7,16H,8H2. The van der Waals surface area contributed by atoms with E-state index in [4.69, 9.17) is 28.3 Å². The van der Waals surface area contributed by atoms with E-state index in [2.05, 4.69) is 0 Å². The van der Waals surface area contributed by atoms with Crippen LogP contribution in [0.25, 0.3) is 0 Å². The topological polar surface area (TPSA) is 20.2 Å². The number of hydrogen-bond acceptors (Lipinski definition) is 2. The monoisotopic (exact) mass is 284 g/mol. The molecule has 0 aliphatic rings. The van der Waals surface area contributed by atoms with Gasteiger partial charge in [0.05, 0.1) is 11.6 Å². The maximum absolute atomic E-state index is 9.03. The first-order valence-electron chi connectivity index (χ1n) is 5.02. The molecule has 0 heterocycles. The number of halogens is 2. The number of aliphatic hydroxyl groups excluding tert-OH is 1. The lowest BCUT2D eigenvalue weighted by Crippen LogP contribution is -1.85. The van der Waals surface area contributed by atoms with Crippen LogP contribution in [0.5, 0.6) is 0 Å². The second-order valence-electron chi connectivity index (χ2n) is 3.44. The van der Waals surface area contributed by atoms with Crippen molar-refractivity contribution in [3.63, 3.8) is 0 Å². The third-order valence-corrected chi connectivity index (χ3v) is 4.12. The van der Waals surface area contributed by atoms with Gasteiger partial charge in [0.15, 0.2) is 0 Å². The zero-order chi connectivity index (χ0) is 12.3. The fourth-order valence-electron chi connectivity index (χ4n) is 1.37.